The quantitative estimate of drug-likeness (QED) is 0.664. The number of likely N-dealkylation sites (tertiary alicyclic amines) is 1. The number of rotatable bonds is 4. The van der Waals surface area contributed by atoms with Gasteiger partial charge < -0.3 is 25.5 Å². The van der Waals surface area contributed by atoms with Crippen LogP contribution in [0.5, 0.6) is 5.75 Å². The van der Waals surface area contributed by atoms with Crippen molar-refractivity contribution < 1.29 is 24.5 Å². The largest absolute Gasteiger partial charge is 0.505 e. The molecule has 0 bridgehead atoms. The fourth-order valence-electron chi connectivity index (χ4n) is 4.27. The van der Waals surface area contributed by atoms with E-state index < -0.39 is 22.4 Å². The molecule has 1 aliphatic heterocycles. The molecule has 1 aromatic rings. The van der Waals surface area contributed by atoms with Crippen molar-refractivity contribution in [1.82, 2.24) is 10.2 Å². The zero-order chi connectivity index (χ0) is 17.4. The Morgan fingerprint density at radius 2 is 1.83 bits per heavy atom. The number of phenols is 1. The molecule has 1 heterocycles. The minimum atomic E-state index is -0.702. The number of aromatic hydroxyl groups is 1. The van der Waals surface area contributed by atoms with E-state index in [1.54, 1.807) is 4.90 Å². The van der Waals surface area contributed by atoms with Crippen molar-refractivity contribution >= 4 is 6.03 Å². The molecule has 24 heavy (non-hydrogen) atoms. The molecule has 0 spiro atoms. The minimum absolute atomic E-state index is 0.0385. The van der Waals surface area contributed by atoms with Gasteiger partial charge in [0, 0.05) is 30.5 Å². The molecule has 2 fully saturated rings. The summed E-state index contributed by atoms with van der Waals surface area (Å²) in [4.78, 5) is 14.1. The molecule has 0 aromatic heterocycles. The van der Waals surface area contributed by atoms with Crippen molar-refractivity contribution in [2.75, 3.05) is 26.3 Å². The molecule has 6 nitrogen and oxygen atoms in total. The lowest BCUT2D eigenvalue weighted by molar-refractivity contribution is 0.00976. The van der Waals surface area contributed by atoms with Crippen LogP contribution in [0.1, 0.15) is 24.8 Å². The van der Waals surface area contributed by atoms with Gasteiger partial charge in [-0.3, -0.25) is 0 Å². The Labute approximate surface area is 139 Å². The molecule has 4 N–H and O–H groups in total. The van der Waals surface area contributed by atoms with Gasteiger partial charge in [-0.1, -0.05) is 12.5 Å². The second kappa shape index (κ2) is 6.22. The van der Waals surface area contributed by atoms with E-state index in [2.05, 4.69) is 5.32 Å². The van der Waals surface area contributed by atoms with Crippen LogP contribution < -0.4 is 5.32 Å². The van der Waals surface area contributed by atoms with Crippen molar-refractivity contribution in [3.8, 4) is 5.75 Å². The average Bonchev–Trinajstić information content (AvgIpc) is 3.08. The number of carbonyl (C=O) groups is 1. The fourth-order valence-corrected chi connectivity index (χ4v) is 4.27. The van der Waals surface area contributed by atoms with Crippen molar-refractivity contribution in [3.63, 3.8) is 0 Å². The number of fused-ring (bicyclic) bond motifs is 1. The van der Waals surface area contributed by atoms with Crippen LogP contribution in [0.25, 0.3) is 0 Å². The number of nitrogens with zero attached hydrogens (tertiary/aromatic N) is 1. The molecule has 1 aliphatic carbocycles. The van der Waals surface area contributed by atoms with Crippen molar-refractivity contribution in [2.24, 2.45) is 10.8 Å². The van der Waals surface area contributed by atoms with E-state index >= 15 is 0 Å². The summed E-state index contributed by atoms with van der Waals surface area (Å²) in [6, 6.07) is 3.64. The number of nitrogens with one attached hydrogen (secondary N) is 1. The monoisotopic (exact) mass is 338 g/mol. The van der Waals surface area contributed by atoms with Crippen molar-refractivity contribution in [1.29, 1.82) is 0 Å². The number of amides is 2. The molecule has 3 rings (SSSR count). The first-order chi connectivity index (χ1) is 11.5. The third-order valence-electron chi connectivity index (χ3n) is 5.77. The van der Waals surface area contributed by atoms with Crippen LogP contribution in [0.3, 0.4) is 0 Å². The third kappa shape index (κ3) is 2.61. The molecule has 0 radical (unpaired) electrons. The number of aliphatic hydroxyl groups excluding tert-OH is 2. The topological polar surface area (TPSA) is 93.0 Å². The van der Waals surface area contributed by atoms with E-state index in [0.717, 1.165) is 25.3 Å². The number of phenolic OH excluding ortho intramolecular Hbond substituents is 1. The summed E-state index contributed by atoms with van der Waals surface area (Å²) >= 11 is 0. The van der Waals surface area contributed by atoms with Crippen molar-refractivity contribution in [3.05, 3.63) is 29.6 Å². The van der Waals surface area contributed by atoms with Gasteiger partial charge in [0.25, 0.3) is 0 Å². The number of benzene rings is 1. The van der Waals surface area contributed by atoms with Gasteiger partial charge in [0.05, 0.1) is 13.2 Å². The second-order valence-electron chi connectivity index (χ2n) is 7.03. The van der Waals surface area contributed by atoms with Crippen LogP contribution in [-0.2, 0) is 6.54 Å². The highest BCUT2D eigenvalue weighted by atomic mass is 19.1. The predicted molar refractivity (Wildman–Crippen MR) is 84.8 cm³/mol. The summed E-state index contributed by atoms with van der Waals surface area (Å²) < 4.78 is 13.0. The van der Waals surface area contributed by atoms with Gasteiger partial charge in [-0.15, -0.1) is 0 Å². The van der Waals surface area contributed by atoms with E-state index in [0.29, 0.717) is 18.7 Å². The first-order valence-corrected chi connectivity index (χ1v) is 8.17. The highest BCUT2D eigenvalue weighted by molar-refractivity contribution is 5.75. The zero-order valence-corrected chi connectivity index (χ0v) is 13.5. The molecule has 1 saturated heterocycles. The number of aliphatic hydroxyl groups is 2. The van der Waals surface area contributed by atoms with Crippen LogP contribution >= 0.6 is 0 Å². The smallest absolute Gasteiger partial charge is 0.317 e. The van der Waals surface area contributed by atoms with Crippen LogP contribution in [0.4, 0.5) is 9.18 Å². The summed E-state index contributed by atoms with van der Waals surface area (Å²) in [5.74, 6) is -1.15. The van der Waals surface area contributed by atoms with Crippen molar-refractivity contribution in [2.45, 2.75) is 25.8 Å². The van der Waals surface area contributed by atoms with Crippen LogP contribution in [-0.4, -0.2) is 52.6 Å². The maximum absolute atomic E-state index is 13.0. The van der Waals surface area contributed by atoms with Crippen LogP contribution in [0.2, 0.25) is 0 Å². The molecule has 2 amide bonds. The van der Waals surface area contributed by atoms with Gasteiger partial charge in [0.2, 0.25) is 0 Å². The maximum Gasteiger partial charge on any atom is 0.317 e. The second-order valence-corrected chi connectivity index (χ2v) is 7.03. The molecule has 132 valence electrons. The van der Waals surface area contributed by atoms with Gasteiger partial charge in [0.1, 0.15) is 0 Å². The summed E-state index contributed by atoms with van der Waals surface area (Å²) in [5, 5.41) is 31.8. The first-order valence-electron chi connectivity index (χ1n) is 8.17. The van der Waals surface area contributed by atoms with E-state index in [1.165, 1.54) is 12.1 Å². The molecule has 1 aromatic carbocycles. The predicted octanol–water partition coefficient (Wildman–Crippen LogP) is 1.20. The Kier molecular flexibility index (Phi) is 4.40. The van der Waals surface area contributed by atoms with E-state index in [4.69, 9.17) is 0 Å². The standard InChI is InChI=1S/C17H23FN2O4/c18-13-3-2-12(6-14(13)23)7-19-15(24)20-8-16(10-21)4-1-5-17(16,9-20)11-22/h2-3,6,21-23H,1,4-5,7-11H2,(H,19,24)/t16-,17+. The fraction of sp³-hybridized carbons (Fsp3) is 0.588. The maximum atomic E-state index is 13.0. The molecule has 7 heteroatoms. The van der Waals surface area contributed by atoms with E-state index in [9.17, 15) is 24.5 Å². The molecule has 0 unspecified atom stereocenters. The third-order valence-corrected chi connectivity index (χ3v) is 5.77. The SMILES string of the molecule is O=C(NCc1ccc(F)c(O)c1)N1C[C@]2(CO)CCC[C@]2(CO)C1. The number of hydrogen-bond donors (Lipinski definition) is 4. The van der Waals surface area contributed by atoms with Gasteiger partial charge in [0.15, 0.2) is 11.6 Å². The minimum Gasteiger partial charge on any atom is -0.505 e. The Bertz CT molecular complexity index is 621. The Morgan fingerprint density at radius 3 is 2.38 bits per heavy atom. The molecule has 1 saturated carbocycles. The van der Waals surface area contributed by atoms with Gasteiger partial charge in [-0.25, -0.2) is 9.18 Å². The van der Waals surface area contributed by atoms with Gasteiger partial charge in [-0.05, 0) is 30.5 Å². The lowest BCUT2D eigenvalue weighted by atomic mass is 9.69. The summed E-state index contributed by atoms with van der Waals surface area (Å²) in [7, 11) is 0. The average molecular weight is 338 g/mol. The van der Waals surface area contributed by atoms with Crippen LogP contribution in [0.15, 0.2) is 18.2 Å². The molecular formula is C17H23FN2O4. The Hall–Kier alpha value is -1.86. The Balaban J connectivity index is 1.65. The summed E-state index contributed by atoms with van der Waals surface area (Å²) in [5.41, 5.74) is -0.254. The van der Waals surface area contributed by atoms with Crippen LogP contribution in [0, 0.1) is 16.6 Å². The molecule has 2 atom stereocenters. The summed E-state index contributed by atoms with van der Waals surface area (Å²) in [6.45, 7) is 0.933. The van der Waals surface area contributed by atoms with E-state index in [1.807, 2.05) is 0 Å². The van der Waals surface area contributed by atoms with Gasteiger partial charge in [-0.2, -0.15) is 0 Å². The first kappa shape index (κ1) is 17.0. The van der Waals surface area contributed by atoms with E-state index in [-0.39, 0.29) is 25.8 Å². The molecule has 2 aliphatic rings. The highest BCUT2D eigenvalue weighted by Crippen LogP contribution is 2.57. The number of carbonyl (C=O) groups excluding carboxylic acids is 1. The zero-order valence-electron chi connectivity index (χ0n) is 13.5. The summed E-state index contributed by atoms with van der Waals surface area (Å²) in [6.07, 6.45) is 2.56. The Morgan fingerprint density at radius 1 is 1.21 bits per heavy atom. The lowest BCUT2D eigenvalue weighted by Crippen LogP contribution is -2.41. The lowest BCUT2D eigenvalue weighted by Gasteiger charge is -2.36. The highest BCUT2D eigenvalue weighted by Gasteiger charge is 2.60. The normalized spacial score (nSPS) is 28.9. The number of urea groups is 1. The van der Waals surface area contributed by atoms with Gasteiger partial charge >= 0.3 is 6.03 Å². The number of hydrogen-bond acceptors (Lipinski definition) is 4. The molecular weight excluding hydrogens is 315 g/mol. The number of halogens is 1.